The summed E-state index contributed by atoms with van der Waals surface area (Å²) < 4.78 is 10.8. The first-order valence-corrected chi connectivity index (χ1v) is 10.00. The number of carbonyl (C=O) groups is 1. The molecule has 0 aliphatic carbocycles. The molecule has 1 fully saturated rings. The van der Waals surface area contributed by atoms with E-state index in [0.29, 0.717) is 10.5 Å². The van der Waals surface area contributed by atoms with Crippen molar-refractivity contribution in [3.05, 3.63) is 56.8 Å². The smallest absolute Gasteiger partial charge is 0.335 e. The molecule has 0 spiro atoms. The van der Waals surface area contributed by atoms with Gasteiger partial charge in [-0.05, 0) is 36.4 Å². The van der Waals surface area contributed by atoms with Crippen molar-refractivity contribution in [1.29, 1.82) is 0 Å². The number of fused-ring (bicyclic) bond motifs is 1. The summed E-state index contributed by atoms with van der Waals surface area (Å²) in [5.74, 6) is -1.46. The van der Waals surface area contributed by atoms with Crippen molar-refractivity contribution in [2.45, 2.75) is 30.7 Å². The Morgan fingerprint density at radius 3 is 2.44 bits per heavy atom. The predicted octanol–water partition coefficient (Wildman–Crippen LogP) is 1.17. The highest BCUT2D eigenvalue weighted by molar-refractivity contribution is 6.31. The third-order valence-electron chi connectivity index (χ3n) is 4.92. The van der Waals surface area contributed by atoms with Crippen LogP contribution in [0.5, 0.6) is 5.75 Å². The topological polar surface area (TPSA) is 162 Å². The van der Waals surface area contributed by atoms with Gasteiger partial charge in [0.25, 0.3) is 5.56 Å². The summed E-state index contributed by atoms with van der Waals surface area (Å²) in [4.78, 5) is 30.9. The standard InChI is InChI=1S/C20H16Cl2N2O8/c21-7-1-3-11-9(5-7)18(28)24-17(23-11)10-6-8(22)2-4-12(10)31-20-15(27)13(25)14(26)16(32-20)19(29)30/h1-6,13-16,20,25-27H,(H,29,30)(H,23,24,28)/t13?,14-,15-,16?,20+/m0/s1. The fraction of sp³-hybridized carbons (Fsp3) is 0.250. The van der Waals surface area contributed by atoms with Crippen LogP contribution in [0.3, 0.4) is 0 Å². The third kappa shape index (κ3) is 4.16. The number of aliphatic carboxylic acids is 1. The number of hydrogen-bond acceptors (Lipinski definition) is 8. The van der Waals surface area contributed by atoms with E-state index in [9.17, 15) is 30.0 Å². The van der Waals surface area contributed by atoms with Gasteiger partial charge >= 0.3 is 5.97 Å². The highest BCUT2D eigenvalue weighted by Crippen LogP contribution is 2.33. The number of ether oxygens (including phenoxy) is 2. The lowest BCUT2D eigenvalue weighted by Gasteiger charge is -2.38. The minimum absolute atomic E-state index is 0.0163. The molecule has 1 aliphatic rings. The third-order valence-corrected chi connectivity index (χ3v) is 5.39. The number of rotatable bonds is 4. The van der Waals surface area contributed by atoms with Gasteiger partial charge in [-0.15, -0.1) is 0 Å². The monoisotopic (exact) mass is 482 g/mol. The number of benzene rings is 2. The van der Waals surface area contributed by atoms with E-state index < -0.39 is 42.2 Å². The number of aliphatic hydroxyl groups is 3. The molecule has 12 heteroatoms. The van der Waals surface area contributed by atoms with Crippen LogP contribution in [0.2, 0.25) is 10.0 Å². The molecule has 1 saturated heterocycles. The second-order valence-corrected chi connectivity index (χ2v) is 7.94. The van der Waals surface area contributed by atoms with E-state index >= 15 is 0 Å². The number of aromatic nitrogens is 2. The van der Waals surface area contributed by atoms with Crippen LogP contribution < -0.4 is 10.3 Å². The predicted molar refractivity (Wildman–Crippen MR) is 113 cm³/mol. The average Bonchev–Trinajstić information content (AvgIpc) is 2.75. The van der Waals surface area contributed by atoms with Crippen LogP contribution in [-0.2, 0) is 9.53 Å². The first-order chi connectivity index (χ1) is 15.2. The summed E-state index contributed by atoms with van der Waals surface area (Å²) in [6, 6.07) is 8.88. The van der Waals surface area contributed by atoms with Gasteiger partial charge in [0.2, 0.25) is 6.29 Å². The van der Waals surface area contributed by atoms with E-state index in [4.69, 9.17) is 32.7 Å². The second kappa shape index (κ2) is 8.66. The lowest BCUT2D eigenvalue weighted by Crippen LogP contribution is -2.61. The number of nitrogens with one attached hydrogen (secondary N) is 1. The van der Waals surface area contributed by atoms with Crippen LogP contribution in [0.15, 0.2) is 41.2 Å². The van der Waals surface area contributed by atoms with Crippen LogP contribution in [0.4, 0.5) is 0 Å². The van der Waals surface area contributed by atoms with Crippen molar-refractivity contribution in [3.8, 4) is 17.1 Å². The van der Waals surface area contributed by atoms with E-state index in [1.807, 2.05) is 0 Å². The van der Waals surface area contributed by atoms with E-state index in [1.54, 1.807) is 12.1 Å². The molecular weight excluding hydrogens is 467 g/mol. The summed E-state index contributed by atoms with van der Waals surface area (Å²) in [5.41, 5.74) is 0.0733. The lowest BCUT2D eigenvalue weighted by molar-refractivity contribution is -0.271. The Hall–Kier alpha value is -2.73. The number of carboxylic acid groups (broad SMARTS) is 1. The maximum Gasteiger partial charge on any atom is 0.335 e. The zero-order valence-electron chi connectivity index (χ0n) is 16.0. The Morgan fingerprint density at radius 1 is 1.03 bits per heavy atom. The summed E-state index contributed by atoms with van der Waals surface area (Å²) in [6.07, 6.45) is -8.96. The largest absolute Gasteiger partial charge is 0.479 e. The molecule has 0 amide bonds. The molecule has 1 aromatic heterocycles. The van der Waals surface area contributed by atoms with Crippen molar-refractivity contribution in [2.24, 2.45) is 0 Å². The maximum absolute atomic E-state index is 12.5. The summed E-state index contributed by atoms with van der Waals surface area (Å²) in [6.45, 7) is 0. The molecule has 168 valence electrons. The quantitative estimate of drug-likeness (QED) is 0.367. The molecule has 2 heterocycles. The van der Waals surface area contributed by atoms with Gasteiger partial charge in [0, 0.05) is 10.0 Å². The first-order valence-electron chi connectivity index (χ1n) is 9.24. The fourth-order valence-electron chi connectivity index (χ4n) is 3.30. The van der Waals surface area contributed by atoms with Crippen molar-refractivity contribution in [3.63, 3.8) is 0 Å². The van der Waals surface area contributed by atoms with Gasteiger partial charge in [-0.2, -0.15) is 0 Å². The molecule has 3 aromatic rings. The number of nitrogens with zero attached hydrogens (tertiary/aromatic N) is 1. The first kappa shape index (κ1) is 22.5. The van der Waals surface area contributed by atoms with Crippen LogP contribution in [-0.4, -0.2) is 67.1 Å². The molecule has 5 N–H and O–H groups in total. The van der Waals surface area contributed by atoms with Crippen LogP contribution >= 0.6 is 23.2 Å². The normalized spacial score (nSPS) is 25.6. The Balaban J connectivity index is 1.75. The van der Waals surface area contributed by atoms with E-state index in [1.165, 1.54) is 24.3 Å². The van der Waals surface area contributed by atoms with Gasteiger partial charge in [0.1, 0.15) is 29.9 Å². The highest BCUT2D eigenvalue weighted by Gasteiger charge is 2.48. The van der Waals surface area contributed by atoms with Crippen molar-refractivity contribution >= 4 is 40.1 Å². The van der Waals surface area contributed by atoms with Gasteiger partial charge in [0.15, 0.2) is 6.10 Å². The van der Waals surface area contributed by atoms with Gasteiger partial charge in [-0.25, -0.2) is 9.78 Å². The summed E-state index contributed by atoms with van der Waals surface area (Å²) in [5, 5.41) is 40.2. The van der Waals surface area contributed by atoms with E-state index in [-0.39, 0.29) is 27.5 Å². The molecule has 1 aliphatic heterocycles. The molecule has 0 saturated carbocycles. The molecule has 0 radical (unpaired) electrons. The fourth-order valence-corrected chi connectivity index (χ4v) is 3.65. The van der Waals surface area contributed by atoms with Crippen LogP contribution in [0.25, 0.3) is 22.3 Å². The highest BCUT2D eigenvalue weighted by atomic mass is 35.5. The molecular formula is C20H16Cl2N2O8. The van der Waals surface area contributed by atoms with Crippen molar-refractivity contribution < 1.29 is 34.7 Å². The molecule has 2 unspecified atom stereocenters. The molecule has 4 rings (SSSR count). The van der Waals surface area contributed by atoms with Crippen LogP contribution in [0, 0.1) is 0 Å². The zero-order chi connectivity index (χ0) is 23.2. The Morgan fingerprint density at radius 2 is 1.72 bits per heavy atom. The molecule has 0 bridgehead atoms. The zero-order valence-corrected chi connectivity index (χ0v) is 17.5. The molecule has 10 nitrogen and oxygen atoms in total. The minimum Gasteiger partial charge on any atom is -0.479 e. The second-order valence-electron chi connectivity index (χ2n) is 7.07. The Bertz CT molecular complexity index is 1250. The SMILES string of the molecule is O=C(O)C1O[C@@H](Oc2ccc(Cl)cc2-c2nc3ccc(Cl)cc3c(=O)[nH]2)[C@@H](O)C(O)[C@@H]1O. The maximum atomic E-state index is 12.5. The van der Waals surface area contributed by atoms with Crippen molar-refractivity contribution in [2.75, 3.05) is 0 Å². The summed E-state index contributed by atoms with van der Waals surface area (Å²) >= 11 is 12.0. The molecule has 32 heavy (non-hydrogen) atoms. The number of aromatic amines is 1. The van der Waals surface area contributed by atoms with E-state index in [2.05, 4.69) is 9.97 Å². The number of aliphatic hydroxyl groups excluding tert-OH is 3. The number of carboxylic acids is 1. The number of halogens is 2. The van der Waals surface area contributed by atoms with Crippen molar-refractivity contribution in [1.82, 2.24) is 9.97 Å². The van der Waals surface area contributed by atoms with Gasteiger partial charge in [-0.1, -0.05) is 23.2 Å². The van der Waals surface area contributed by atoms with Gasteiger partial charge in [0.05, 0.1) is 16.5 Å². The van der Waals surface area contributed by atoms with Crippen LogP contribution in [0.1, 0.15) is 0 Å². The number of H-pyrrole nitrogens is 1. The van der Waals surface area contributed by atoms with Gasteiger partial charge in [-0.3, -0.25) is 4.79 Å². The number of hydrogen-bond donors (Lipinski definition) is 5. The minimum atomic E-state index is -1.86. The summed E-state index contributed by atoms with van der Waals surface area (Å²) in [7, 11) is 0. The van der Waals surface area contributed by atoms with Gasteiger partial charge < -0.3 is 34.9 Å². The Labute approximate surface area is 189 Å². The van der Waals surface area contributed by atoms with E-state index in [0.717, 1.165) is 0 Å². The lowest BCUT2D eigenvalue weighted by atomic mass is 9.99. The Kier molecular flexibility index (Phi) is 6.08. The molecule has 2 aromatic carbocycles. The average molecular weight is 483 g/mol. The molecule has 5 atom stereocenters.